The zero-order valence-electron chi connectivity index (χ0n) is 14.9. The van der Waals surface area contributed by atoms with Crippen molar-refractivity contribution in [3.8, 4) is 11.5 Å². The molecule has 0 unspecified atom stereocenters. The molecule has 0 amide bonds. The second-order valence-corrected chi connectivity index (χ2v) is 3.64. The third-order valence-corrected chi connectivity index (χ3v) is 2.27. The Morgan fingerprint density at radius 2 is 0.724 bits per heavy atom. The molecule has 15 heteroatoms. The fourth-order valence-electron chi connectivity index (χ4n) is 1.31. The van der Waals surface area contributed by atoms with Gasteiger partial charge in [-0.3, -0.25) is 0 Å². The molecule has 29 heavy (non-hydrogen) atoms. The Morgan fingerprint density at radius 1 is 0.517 bits per heavy atom. The van der Waals surface area contributed by atoms with Crippen LogP contribution in [0, 0.1) is 0 Å². The van der Waals surface area contributed by atoms with E-state index in [0.29, 0.717) is 0 Å². The first-order valence-corrected chi connectivity index (χ1v) is 5.46. The van der Waals surface area contributed by atoms with E-state index in [-0.39, 0.29) is 85.9 Å². The minimum absolute atomic E-state index is 0. The SMILES string of the molecule is O.O.O.O.O.O.O.O.O=C(O)c1ccccc1O.O=C(O)c1ccccc1O.[Zn]. The number of aromatic hydroxyl groups is 2. The van der Waals surface area contributed by atoms with Crippen molar-refractivity contribution in [1.29, 1.82) is 0 Å². The molecule has 0 aliphatic rings. The van der Waals surface area contributed by atoms with Gasteiger partial charge in [0.25, 0.3) is 0 Å². The van der Waals surface area contributed by atoms with Gasteiger partial charge >= 0.3 is 11.9 Å². The summed E-state index contributed by atoms with van der Waals surface area (Å²) < 4.78 is 0. The van der Waals surface area contributed by atoms with Crippen LogP contribution in [0.3, 0.4) is 0 Å². The predicted octanol–water partition coefficient (Wildman–Crippen LogP) is -4.42. The van der Waals surface area contributed by atoms with Crippen molar-refractivity contribution in [1.82, 2.24) is 0 Å². The molecule has 0 saturated heterocycles. The number of phenols is 2. The first kappa shape index (κ1) is 56.2. The molecule has 170 valence electrons. The van der Waals surface area contributed by atoms with Crippen molar-refractivity contribution in [3.05, 3.63) is 59.7 Å². The number of rotatable bonds is 2. The number of carboxylic acid groups (broad SMARTS) is 2. The number of benzene rings is 2. The minimum atomic E-state index is -1.11. The van der Waals surface area contributed by atoms with Crippen LogP contribution in [-0.2, 0) is 19.5 Å². The average molecular weight is 486 g/mol. The van der Waals surface area contributed by atoms with Gasteiger partial charge in [0.15, 0.2) is 0 Å². The fourth-order valence-corrected chi connectivity index (χ4v) is 1.31. The number of hydrogen-bond donors (Lipinski definition) is 4. The van der Waals surface area contributed by atoms with E-state index in [1.807, 2.05) is 0 Å². The van der Waals surface area contributed by atoms with Crippen LogP contribution < -0.4 is 0 Å². The summed E-state index contributed by atoms with van der Waals surface area (Å²) >= 11 is 0. The van der Waals surface area contributed by atoms with Crippen molar-refractivity contribution in [3.63, 3.8) is 0 Å². The third-order valence-electron chi connectivity index (χ3n) is 2.27. The summed E-state index contributed by atoms with van der Waals surface area (Å²) in [7, 11) is 0. The quantitative estimate of drug-likeness (QED) is 0.303. The van der Waals surface area contributed by atoms with E-state index in [2.05, 4.69) is 0 Å². The molecule has 0 fully saturated rings. The Hall–Kier alpha value is -2.72. The second-order valence-electron chi connectivity index (χ2n) is 3.64. The van der Waals surface area contributed by atoms with Crippen molar-refractivity contribution >= 4 is 11.9 Å². The van der Waals surface area contributed by atoms with E-state index in [1.165, 1.54) is 24.3 Å². The Labute approximate surface area is 176 Å². The van der Waals surface area contributed by atoms with Gasteiger partial charge in [-0.25, -0.2) is 9.59 Å². The number of para-hydroxylation sites is 2. The topological polar surface area (TPSA) is 367 Å². The van der Waals surface area contributed by atoms with E-state index in [9.17, 15) is 9.59 Å². The fraction of sp³-hybridized carbons (Fsp3) is 0. The maximum Gasteiger partial charge on any atom is 0.339 e. The number of aromatic carboxylic acids is 2. The smallest absolute Gasteiger partial charge is 0.339 e. The zero-order chi connectivity index (χ0) is 15.1. The van der Waals surface area contributed by atoms with Gasteiger partial charge in [0, 0.05) is 19.5 Å². The van der Waals surface area contributed by atoms with Crippen LogP contribution in [0.1, 0.15) is 20.7 Å². The molecule has 20 N–H and O–H groups in total. The molecule has 0 heterocycles. The van der Waals surface area contributed by atoms with Crippen molar-refractivity contribution in [2.45, 2.75) is 0 Å². The maximum atomic E-state index is 10.3. The van der Waals surface area contributed by atoms with Gasteiger partial charge in [0.05, 0.1) is 0 Å². The second kappa shape index (κ2) is 27.5. The van der Waals surface area contributed by atoms with Crippen LogP contribution in [0.25, 0.3) is 0 Å². The van der Waals surface area contributed by atoms with E-state index < -0.39 is 11.9 Å². The summed E-state index contributed by atoms with van der Waals surface area (Å²) in [5, 5.41) is 34.6. The van der Waals surface area contributed by atoms with Crippen LogP contribution in [0.2, 0.25) is 0 Å². The molecule has 0 atom stereocenters. The summed E-state index contributed by atoms with van der Waals surface area (Å²) in [4.78, 5) is 20.5. The molecule has 2 aromatic carbocycles. The van der Waals surface area contributed by atoms with Crippen LogP contribution in [0.15, 0.2) is 48.5 Å². The predicted molar refractivity (Wildman–Crippen MR) is 99.0 cm³/mol. The molecule has 0 radical (unpaired) electrons. The van der Waals surface area contributed by atoms with Gasteiger partial charge in [-0.05, 0) is 24.3 Å². The van der Waals surface area contributed by atoms with E-state index in [0.717, 1.165) is 0 Å². The normalized spacial score (nSPS) is 6.34. The molecule has 0 aliphatic heterocycles. The third kappa shape index (κ3) is 18.4. The zero-order valence-corrected chi connectivity index (χ0v) is 17.9. The van der Waals surface area contributed by atoms with Gasteiger partial charge in [-0.15, -0.1) is 0 Å². The summed E-state index contributed by atoms with van der Waals surface area (Å²) in [5.41, 5.74) is -0.134. The van der Waals surface area contributed by atoms with Crippen LogP contribution in [-0.4, -0.2) is 76.2 Å². The number of carbonyl (C=O) groups is 2. The Bertz CT molecular complexity index is 582. The molecule has 14 nitrogen and oxygen atoms in total. The van der Waals surface area contributed by atoms with E-state index >= 15 is 0 Å². The first-order chi connectivity index (χ1) is 9.43. The number of hydrogen-bond acceptors (Lipinski definition) is 4. The standard InChI is InChI=1S/2C7H6O3.8H2O.Zn/c2*8-6-4-2-1-3-5(6)7(9)10;;;;;;;;;/h2*1-4,8H,(H,9,10);8*1H2;. The minimum Gasteiger partial charge on any atom is -0.507 e. The Morgan fingerprint density at radius 3 is 0.862 bits per heavy atom. The summed E-state index contributed by atoms with van der Waals surface area (Å²) in [6, 6.07) is 11.6. The van der Waals surface area contributed by atoms with Crippen molar-refractivity contribution in [2.24, 2.45) is 0 Å². The molecule has 0 saturated carbocycles. The summed E-state index contributed by atoms with van der Waals surface area (Å²) in [5.74, 6) is -2.62. The van der Waals surface area contributed by atoms with Gasteiger partial charge in [0.2, 0.25) is 0 Å². The van der Waals surface area contributed by atoms with Gasteiger partial charge in [-0.1, -0.05) is 24.3 Å². The largest absolute Gasteiger partial charge is 0.507 e. The summed E-state index contributed by atoms with van der Waals surface area (Å²) in [6.07, 6.45) is 0. The summed E-state index contributed by atoms with van der Waals surface area (Å²) in [6.45, 7) is 0. The monoisotopic (exact) mass is 484 g/mol. The van der Waals surface area contributed by atoms with Crippen LogP contribution >= 0.6 is 0 Å². The molecular weight excluding hydrogens is 458 g/mol. The molecular formula is C14H28O14Zn. The molecule has 2 aromatic rings. The molecule has 0 bridgehead atoms. The first-order valence-electron chi connectivity index (χ1n) is 5.46. The van der Waals surface area contributed by atoms with Crippen LogP contribution in [0.5, 0.6) is 11.5 Å². The van der Waals surface area contributed by atoms with Gasteiger partial charge in [-0.2, -0.15) is 0 Å². The van der Waals surface area contributed by atoms with Gasteiger partial charge < -0.3 is 64.2 Å². The maximum absolute atomic E-state index is 10.3. The van der Waals surface area contributed by atoms with Crippen molar-refractivity contribution < 1.29 is 93.3 Å². The Kier molecular flexibility index (Phi) is 53.3. The molecule has 0 aliphatic carbocycles. The molecule has 0 spiro atoms. The Balaban J connectivity index is -0.0000000301. The van der Waals surface area contributed by atoms with Gasteiger partial charge in [0.1, 0.15) is 22.6 Å². The number of carboxylic acids is 2. The van der Waals surface area contributed by atoms with Crippen molar-refractivity contribution in [2.75, 3.05) is 0 Å². The van der Waals surface area contributed by atoms with E-state index in [4.69, 9.17) is 20.4 Å². The van der Waals surface area contributed by atoms with E-state index in [1.54, 1.807) is 24.3 Å². The van der Waals surface area contributed by atoms with Crippen LogP contribution in [0.4, 0.5) is 0 Å². The molecule has 0 aromatic heterocycles. The average Bonchev–Trinajstić information content (AvgIpc) is 2.40. The molecule has 2 rings (SSSR count).